The fourth-order valence-electron chi connectivity index (χ4n) is 1.71. The highest BCUT2D eigenvalue weighted by atomic mass is 35.5. The lowest BCUT2D eigenvalue weighted by atomic mass is 9.97. The fourth-order valence-corrected chi connectivity index (χ4v) is 1.88. The lowest BCUT2D eigenvalue weighted by Crippen LogP contribution is -1.95. The number of allylic oxidation sites excluding steroid dienone is 4. The third-order valence-electron chi connectivity index (χ3n) is 2.74. The fraction of sp³-hybridized carbons (Fsp3) is 0.667. The van der Waals surface area contributed by atoms with E-state index in [1.54, 1.807) is 0 Å². The SMILES string of the molecule is CC(/C=C/CC(C)CCCC(C)C)=C\C(=O)Cl. The van der Waals surface area contributed by atoms with Gasteiger partial charge in [0.05, 0.1) is 0 Å². The molecule has 0 amide bonds. The molecule has 0 saturated heterocycles. The summed E-state index contributed by atoms with van der Waals surface area (Å²) in [5, 5.41) is -0.405. The van der Waals surface area contributed by atoms with Gasteiger partial charge in [-0.1, -0.05) is 52.2 Å². The Bertz CT molecular complexity index is 277. The van der Waals surface area contributed by atoms with Crippen molar-refractivity contribution in [2.75, 3.05) is 0 Å². The van der Waals surface area contributed by atoms with Crippen LogP contribution in [-0.2, 0) is 4.79 Å². The highest BCUT2D eigenvalue weighted by Gasteiger charge is 2.01. The summed E-state index contributed by atoms with van der Waals surface area (Å²) in [6, 6.07) is 0. The van der Waals surface area contributed by atoms with E-state index < -0.39 is 5.24 Å². The topological polar surface area (TPSA) is 17.1 Å². The smallest absolute Gasteiger partial charge is 0.245 e. The van der Waals surface area contributed by atoms with Crippen molar-refractivity contribution in [3.63, 3.8) is 0 Å². The molecule has 0 aliphatic heterocycles. The molecule has 0 rings (SSSR count). The van der Waals surface area contributed by atoms with Crippen molar-refractivity contribution in [2.45, 2.75) is 53.4 Å². The van der Waals surface area contributed by atoms with Crippen LogP contribution in [0.5, 0.6) is 0 Å². The minimum atomic E-state index is -0.405. The average molecular weight is 257 g/mol. The maximum atomic E-state index is 10.6. The molecule has 1 nitrogen and oxygen atoms in total. The molecule has 0 aromatic carbocycles. The molecule has 0 bridgehead atoms. The number of hydrogen-bond donors (Lipinski definition) is 0. The average Bonchev–Trinajstić information content (AvgIpc) is 2.15. The van der Waals surface area contributed by atoms with E-state index in [2.05, 4.69) is 26.8 Å². The summed E-state index contributed by atoms with van der Waals surface area (Å²) in [4.78, 5) is 10.6. The van der Waals surface area contributed by atoms with Crippen molar-refractivity contribution in [2.24, 2.45) is 11.8 Å². The normalized spacial score (nSPS) is 14.6. The molecule has 0 aliphatic rings. The minimum Gasteiger partial charge on any atom is -0.276 e. The van der Waals surface area contributed by atoms with Gasteiger partial charge in [0.25, 0.3) is 0 Å². The second-order valence-corrected chi connectivity index (χ2v) is 5.63. The van der Waals surface area contributed by atoms with Crippen LogP contribution in [0.15, 0.2) is 23.8 Å². The molecule has 1 atom stereocenters. The molecule has 2 heteroatoms. The maximum Gasteiger partial charge on any atom is 0.245 e. The zero-order valence-corrected chi connectivity index (χ0v) is 12.3. The monoisotopic (exact) mass is 256 g/mol. The van der Waals surface area contributed by atoms with Crippen molar-refractivity contribution in [3.8, 4) is 0 Å². The lowest BCUT2D eigenvalue weighted by molar-refractivity contribution is -0.107. The summed E-state index contributed by atoms with van der Waals surface area (Å²) >= 11 is 5.26. The quantitative estimate of drug-likeness (QED) is 0.335. The third-order valence-corrected chi connectivity index (χ3v) is 2.85. The van der Waals surface area contributed by atoms with Crippen LogP contribution < -0.4 is 0 Å². The molecule has 0 fully saturated rings. The number of hydrogen-bond acceptors (Lipinski definition) is 1. The number of halogens is 1. The second kappa shape index (κ2) is 9.47. The van der Waals surface area contributed by atoms with Crippen molar-refractivity contribution >= 4 is 16.8 Å². The largest absolute Gasteiger partial charge is 0.276 e. The second-order valence-electron chi connectivity index (χ2n) is 5.26. The Morgan fingerprint density at radius 1 is 1.24 bits per heavy atom. The van der Waals surface area contributed by atoms with E-state index in [0.717, 1.165) is 17.9 Å². The Kier molecular flexibility index (Phi) is 9.16. The maximum absolute atomic E-state index is 10.6. The predicted octanol–water partition coefficient (Wildman–Crippen LogP) is 5.11. The molecule has 0 heterocycles. The van der Waals surface area contributed by atoms with E-state index in [1.807, 2.05) is 13.0 Å². The molecule has 0 saturated carbocycles. The van der Waals surface area contributed by atoms with E-state index in [9.17, 15) is 4.79 Å². The van der Waals surface area contributed by atoms with Gasteiger partial charge in [0.2, 0.25) is 5.24 Å². The molecular formula is C15H25ClO. The highest BCUT2D eigenvalue weighted by molar-refractivity contribution is 6.66. The molecule has 0 aliphatic carbocycles. The zero-order chi connectivity index (χ0) is 13.3. The Hall–Kier alpha value is -0.560. The molecule has 17 heavy (non-hydrogen) atoms. The first-order valence-corrected chi connectivity index (χ1v) is 6.84. The standard InChI is InChI=1S/C15H25ClO/c1-12(2)7-5-8-13(3)9-6-10-14(4)11-15(16)17/h6,10-13H,5,7-9H2,1-4H3/b10-6+,14-11+. The molecule has 0 radical (unpaired) electrons. The number of carbonyl (C=O) groups excluding carboxylic acids is 1. The molecule has 0 aromatic rings. The van der Waals surface area contributed by atoms with Gasteiger partial charge in [-0.25, -0.2) is 0 Å². The minimum absolute atomic E-state index is 0.405. The first-order chi connectivity index (χ1) is 7.91. The zero-order valence-electron chi connectivity index (χ0n) is 11.5. The summed E-state index contributed by atoms with van der Waals surface area (Å²) in [6.45, 7) is 8.69. The summed E-state index contributed by atoms with van der Waals surface area (Å²) in [6.07, 6.45) is 10.5. The Labute approximate surface area is 111 Å². The van der Waals surface area contributed by atoms with E-state index in [-0.39, 0.29) is 0 Å². The predicted molar refractivity (Wildman–Crippen MR) is 76.2 cm³/mol. The van der Waals surface area contributed by atoms with Crippen LogP contribution in [0.1, 0.15) is 53.4 Å². The van der Waals surface area contributed by atoms with Crippen molar-refractivity contribution in [1.29, 1.82) is 0 Å². The number of rotatable bonds is 8. The van der Waals surface area contributed by atoms with Gasteiger partial charge in [-0.2, -0.15) is 0 Å². The van der Waals surface area contributed by atoms with Crippen LogP contribution in [0.2, 0.25) is 0 Å². The van der Waals surface area contributed by atoms with Gasteiger partial charge in [-0.15, -0.1) is 0 Å². The molecule has 0 aromatic heterocycles. The van der Waals surface area contributed by atoms with E-state index in [1.165, 1.54) is 25.3 Å². The van der Waals surface area contributed by atoms with Gasteiger partial charge in [-0.3, -0.25) is 4.79 Å². The Morgan fingerprint density at radius 2 is 1.88 bits per heavy atom. The van der Waals surface area contributed by atoms with E-state index in [4.69, 9.17) is 11.6 Å². The van der Waals surface area contributed by atoms with Gasteiger partial charge < -0.3 is 0 Å². The summed E-state index contributed by atoms with van der Waals surface area (Å²) in [7, 11) is 0. The molecule has 98 valence electrons. The van der Waals surface area contributed by atoms with E-state index >= 15 is 0 Å². The van der Waals surface area contributed by atoms with Crippen LogP contribution in [0.4, 0.5) is 0 Å². The van der Waals surface area contributed by atoms with Crippen molar-refractivity contribution < 1.29 is 4.79 Å². The molecule has 0 spiro atoms. The van der Waals surface area contributed by atoms with Gasteiger partial charge in [0.1, 0.15) is 0 Å². The molecule has 1 unspecified atom stereocenters. The van der Waals surface area contributed by atoms with Gasteiger partial charge >= 0.3 is 0 Å². The van der Waals surface area contributed by atoms with Crippen LogP contribution in [-0.4, -0.2) is 5.24 Å². The van der Waals surface area contributed by atoms with Crippen molar-refractivity contribution in [3.05, 3.63) is 23.8 Å². The Morgan fingerprint density at radius 3 is 2.41 bits per heavy atom. The third kappa shape index (κ3) is 11.7. The van der Waals surface area contributed by atoms with Gasteiger partial charge in [-0.05, 0) is 42.4 Å². The summed E-state index contributed by atoms with van der Waals surface area (Å²) in [5.74, 6) is 1.52. The van der Waals surface area contributed by atoms with Crippen molar-refractivity contribution in [1.82, 2.24) is 0 Å². The van der Waals surface area contributed by atoms with Gasteiger partial charge in [0, 0.05) is 6.08 Å². The van der Waals surface area contributed by atoms with Crippen LogP contribution in [0, 0.1) is 11.8 Å². The van der Waals surface area contributed by atoms with Crippen LogP contribution in [0.3, 0.4) is 0 Å². The summed E-state index contributed by atoms with van der Waals surface area (Å²) in [5.41, 5.74) is 0.916. The first-order valence-electron chi connectivity index (χ1n) is 6.46. The molecule has 0 N–H and O–H groups in total. The summed E-state index contributed by atoms with van der Waals surface area (Å²) < 4.78 is 0. The highest BCUT2D eigenvalue weighted by Crippen LogP contribution is 2.15. The van der Waals surface area contributed by atoms with Crippen LogP contribution >= 0.6 is 11.6 Å². The first kappa shape index (κ1) is 16.4. The lowest BCUT2D eigenvalue weighted by Gasteiger charge is -2.09. The molecular weight excluding hydrogens is 232 g/mol. The van der Waals surface area contributed by atoms with E-state index in [0.29, 0.717) is 5.92 Å². The number of carbonyl (C=O) groups is 1. The van der Waals surface area contributed by atoms with Gasteiger partial charge in [0.15, 0.2) is 0 Å². The van der Waals surface area contributed by atoms with Crippen LogP contribution in [0.25, 0.3) is 0 Å². The Balaban J connectivity index is 3.79.